The number of pyridine rings is 1. The third kappa shape index (κ3) is 28.5. The number of halogens is 10. The van der Waals surface area contributed by atoms with Gasteiger partial charge in [-0.15, -0.1) is 47.1 Å². The number of benzene rings is 9. The van der Waals surface area contributed by atoms with Crippen LogP contribution in [0.1, 0.15) is 64.1 Å². The van der Waals surface area contributed by atoms with Crippen molar-refractivity contribution in [2.75, 3.05) is 29.6 Å². The first-order valence-corrected chi connectivity index (χ1v) is 44.2. The monoisotopic (exact) mass is 2200 g/mol. The molecular formula is C82H80Br8Cl2N6O8S7. The van der Waals surface area contributed by atoms with Gasteiger partial charge in [0.2, 0.25) is 0 Å². The Morgan fingerprint density at radius 3 is 1.42 bits per heavy atom. The molecule has 0 atom stereocenters. The number of thiophene rings is 5. The van der Waals surface area contributed by atoms with Crippen molar-refractivity contribution in [3.8, 4) is 11.1 Å². The number of aryl methyl sites for hydroxylation is 1. The Hall–Kier alpha value is -5.23. The third-order valence-corrected chi connectivity index (χ3v) is 29.7. The molecule has 0 aliphatic carbocycles. The predicted molar refractivity (Wildman–Crippen MR) is 526 cm³/mol. The van der Waals surface area contributed by atoms with E-state index in [0.29, 0.717) is 50.5 Å². The number of thioether (sulfide) groups is 1. The van der Waals surface area contributed by atoms with Crippen LogP contribution in [-0.4, -0.2) is 45.0 Å². The number of anilines is 4. The predicted octanol–water partition coefficient (Wildman–Crippen LogP) is 35.5. The van der Waals surface area contributed by atoms with Gasteiger partial charge in [-0.3, -0.25) is 35.3 Å². The molecule has 31 heteroatoms. The highest BCUT2D eigenvalue weighted by Gasteiger charge is 2.26. The summed E-state index contributed by atoms with van der Waals surface area (Å²) in [5.41, 5.74) is 5.22. The smallest absolute Gasteiger partial charge is 0.348 e. The first-order valence-electron chi connectivity index (χ1n) is 31.5. The van der Waals surface area contributed by atoms with Crippen LogP contribution in [0.15, 0.2) is 269 Å². The van der Waals surface area contributed by atoms with Gasteiger partial charge in [0.25, 0.3) is 0 Å². The van der Waals surface area contributed by atoms with Crippen molar-refractivity contribution in [3.05, 3.63) is 305 Å². The molecule has 0 spiro atoms. The Balaban J connectivity index is 0.000000350. The first-order chi connectivity index (χ1) is 51.4. The lowest BCUT2D eigenvalue weighted by atomic mass is 10.0. The number of rotatable bonds is 15. The summed E-state index contributed by atoms with van der Waals surface area (Å²) >= 11 is 52.2. The van der Waals surface area contributed by atoms with Crippen LogP contribution in [0.4, 0.5) is 37.8 Å². The van der Waals surface area contributed by atoms with Crippen LogP contribution in [0, 0.1) is 37.3 Å². The van der Waals surface area contributed by atoms with E-state index in [0.717, 1.165) is 87.0 Å². The van der Waals surface area contributed by atoms with Gasteiger partial charge in [0.1, 0.15) is 15.8 Å². The van der Waals surface area contributed by atoms with E-state index in [1.807, 2.05) is 148 Å². The number of fused-ring (bicyclic) bond motifs is 5. The Morgan fingerprint density at radius 1 is 0.478 bits per heavy atom. The fourth-order valence-electron chi connectivity index (χ4n) is 9.83. The number of aromatic nitrogens is 1. The minimum absolute atomic E-state index is 0. The van der Waals surface area contributed by atoms with E-state index in [9.17, 15) is 30.3 Å². The van der Waals surface area contributed by atoms with Crippen molar-refractivity contribution in [2.45, 2.75) is 81.4 Å². The summed E-state index contributed by atoms with van der Waals surface area (Å²) in [6, 6.07) is 65.6. The van der Waals surface area contributed by atoms with E-state index in [1.54, 1.807) is 77.0 Å². The molecule has 14 nitrogen and oxygen atoms in total. The minimum Gasteiger partial charge on any atom is -0.352 e. The molecule has 6 aromatic heterocycles. The van der Waals surface area contributed by atoms with Crippen molar-refractivity contribution in [1.82, 2.24) is 4.98 Å². The van der Waals surface area contributed by atoms with Crippen LogP contribution in [0.2, 0.25) is 10.0 Å². The standard InChI is InChI=1S/C20H14ClN3O2S.C14H8BrClN2O2S.C12H17BrO2S.C8H3Br2NO2S.C8H4Br2S.C8H5BrS.C6H5BrS.6CH4/c1-12-10-13(8-9-22-12)16-6-3-7-17-18(20(24(25)26)27-19(16)17)23-15-5-2-4-14(21)11-15;15-11-6-2-5-10-12(14(18(19)20)21-13(10)11)17-9-4-1-3-8(16)7-9;1-3-14-12(15-4-2)9-16-11-8-6-5-7-10(11)13;9-5-3-1-2-4-6(10)8(11(12)13)14-7(4)5;9-6-3-1-2-5-7(10)4-11-8(5)6;9-7-3-1-2-6-4-5-10-8(6)7;7-5-3-1-2-4-6(5)8;;;;;;/h2-11,23H,1H3;1-7,17H;5-8,12H,3-4,9H2,1-2H3;1-3H;1-4H;1-5H;1-4,8H;6*1H4. The zero-order valence-electron chi connectivity index (χ0n) is 55.8. The largest absolute Gasteiger partial charge is 0.352 e. The molecule has 0 fully saturated rings. The fourth-order valence-corrected chi connectivity index (χ4v) is 20.9. The lowest BCUT2D eigenvalue weighted by molar-refractivity contribution is -0.380. The van der Waals surface area contributed by atoms with Gasteiger partial charge >= 0.3 is 15.0 Å². The minimum atomic E-state index is -0.374. The molecular weight excluding hydrogens is 2130 g/mol. The Morgan fingerprint density at radius 2 is 0.929 bits per heavy atom. The highest BCUT2D eigenvalue weighted by Crippen LogP contribution is 2.49. The van der Waals surface area contributed by atoms with Crippen LogP contribution in [0.5, 0.6) is 0 Å². The molecule has 9 aromatic carbocycles. The second-order valence-electron chi connectivity index (χ2n) is 21.7. The summed E-state index contributed by atoms with van der Waals surface area (Å²) in [4.78, 5) is 39.0. The van der Waals surface area contributed by atoms with Crippen LogP contribution < -0.4 is 10.6 Å². The van der Waals surface area contributed by atoms with Crippen molar-refractivity contribution >= 4 is 320 Å². The normalized spacial score (nSPS) is 10.1. The summed E-state index contributed by atoms with van der Waals surface area (Å²) in [6.07, 6.45) is 1.63. The molecule has 15 rings (SSSR count). The molecule has 0 saturated heterocycles. The van der Waals surface area contributed by atoms with Crippen molar-refractivity contribution in [2.24, 2.45) is 0 Å². The number of nitrogens with zero attached hydrogens (tertiary/aromatic N) is 4. The number of nitro groups is 3. The van der Waals surface area contributed by atoms with Gasteiger partial charge in [0, 0.05) is 130 Å². The van der Waals surface area contributed by atoms with Gasteiger partial charge in [-0.1, -0.05) is 205 Å². The zero-order valence-corrected chi connectivity index (χ0v) is 75.8. The maximum atomic E-state index is 11.7. The molecule has 6 heterocycles. The molecule has 0 unspecified atom stereocenters. The van der Waals surface area contributed by atoms with Crippen LogP contribution in [-0.2, 0) is 9.47 Å². The molecule has 15 aromatic rings. The van der Waals surface area contributed by atoms with Crippen molar-refractivity contribution in [1.29, 1.82) is 0 Å². The molecule has 0 amide bonds. The number of ether oxygens (including phenoxy) is 2. The molecule has 113 heavy (non-hydrogen) atoms. The number of hydrogen-bond donors (Lipinski definition) is 3. The average Bonchev–Trinajstić information content (AvgIpc) is 1.63. The van der Waals surface area contributed by atoms with Crippen molar-refractivity contribution < 1.29 is 24.2 Å². The number of thiol groups is 1. The summed E-state index contributed by atoms with van der Waals surface area (Å²) in [5.74, 6) is 0.810. The molecule has 0 radical (unpaired) electrons. The van der Waals surface area contributed by atoms with Crippen LogP contribution in [0.3, 0.4) is 0 Å². The van der Waals surface area contributed by atoms with E-state index < -0.39 is 0 Å². The highest BCUT2D eigenvalue weighted by atomic mass is 79.9. The zero-order chi connectivity index (χ0) is 76.8. The van der Waals surface area contributed by atoms with Crippen LogP contribution >= 0.6 is 232 Å². The Bertz CT molecular complexity index is 5570. The van der Waals surface area contributed by atoms with Gasteiger partial charge in [0.05, 0.1) is 28.9 Å². The summed E-state index contributed by atoms with van der Waals surface area (Å²) in [5, 5.41) is 50.7. The fraction of sp³-hybridized carbons (Fsp3) is 0.159. The topological polar surface area (TPSA) is 185 Å². The lowest BCUT2D eigenvalue weighted by Crippen LogP contribution is -2.19. The number of nitrogens with one attached hydrogen (secondary N) is 2. The van der Waals surface area contributed by atoms with Gasteiger partial charge in [-0.25, -0.2) is 0 Å². The maximum absolute atomic E-state index is 11.7. The Labute approximate surface area is 767 Å². The SMILES string of the molecule is Brc1cccc2ccsc12.Brc1csc2c(Br)cccc12.C.C.C.C.C.C.CCOC(CSc1ccccc1Br)OCC.Cc1cc(-c2cccc3c(Nc4cccc(Cl)c4)c([N+](=O)[O-])sc23)ccn1.O=[N+]([O-])c1sc2c(Br)cccc2c1Br.O=[N+]([O-])c1sc2c(Br)cccc2c1Nc1cccc(Cl)c1.Sc1ccccc1Br. The molecule has 598 valence electrons. The molecule has 2 N–H and O–H groups in total. The molecule has 0 saturated carbocycles. The third-order valence-electron chi connectivity index (χ3n) is 14.5. The van der Waals surface area contributed by atoms with Gasteiger partial charge in [-0.2, -0.15) is 0 Å². The average molecular weight is 2210 g/mol. The number of hydrogen-bond acceptors (Lipinski definition) is 18. The van der Waals surface area contributed by atoms with Gasteiger partial charge < -0.3 is 20.1 Å². The Kier molecular flexibility index (Phi) is 45.6. The first kappa shape index (κ1) is 102. The van der Waals surface area contributed by atoms with E-state index >= 15 is 0 Å². The van der Waals surface area contributed by atoms with E-state index in [4.69, 9.17) is 32.7 Å². The molecule has 0 aliphatic heterocycles. The second-order valence-corrected chi connectivity index (χ2v) is 35.7. The van der Waals surface area contributed by atoms with Crippen LogP contribution in [0.25, 0.3) is 61.6 Å². The summed E-state index contributed by atoms with van der Waals surface area (Å²) in [7, 11) is 0. The maximum Gasteiger partial charge on any atom is 0.348 e. The van der Waals surface area contributed by atoms with Crippen molar-refractivity contribution in [3.63, 3.8) is 0 Å². The second kappa shape index (κ2) is 50.5. The van der Waals surface area contributed by atoms with Gasteiger partial charge in [-0.05, 0) is 273 Å². The summed E-state index contributed by atoms with van der Waals surface area (Å²) in [6.45, 7) is 7.25. The van der Waals surface area contributed by atoms with E-state index in [1.165, 1.54) is 61.2 Å². The highest BCUT2D eigenvalue weighted by molar-refractivity contribution is 9.12. The quantitative estimate of drug-likeness (QED) is 0.0291. The lowest BCUT2D eigenvalue weighted by Gasteiger charge is -2.16. The van der Waals surface area contributed by atoms with E-state index in [2.05, 4.69) is 209 Å². The van der Waals surface area contributed by atoms with E-state index in [-0.39, 0.29) is 80.6 Å². The summed E-state index contributed by atoms with van der Waals surface area (Å²) < 4.78 is 24.2. The molecule has 0 aliphatic rings. The van der Waals surface area contributed by atoms with Gasteiger partial charge in [0.15, 0.2) is 6.29 Å². The molecule has 0 bridgehead atoms.